The van der Waals surface area contributed by atoms with Crippen molar-refractivity contribution in [1.29, 1.82) is 0 Å². The minimum atomic E-state index is -0.596. The number of aliphatic hydroxyl groups excluding tert-OH is 1. The summed E-state index contributed by atoms with van der Waals surface area (Å²) in [6.07, 6.45) is 1.97. The van der Waals surface area contributed by atoms with Gasteiger partial charge in [0.15, 0.2) is 0 Å². The Morgan fingerprint density at radius 3 is 3.07 bits per heavy atom. The molecule has 2 atom stereocenters. The molecule has 1 unspecified atom stereocenters. The Bertz CT molecular complexity index is 351. The summed E-state index contributed by atoms with van der Waals surface area (Å²) in [5, 5.41) is 9.84. The molecule has 1 aliphatic rings. The summed E-state index contributed by atoms with van der Waals surface area (Å²) >= 11 is 0. The molecule has 0 bridgehead atoms. The van der Waals surface area contributed by atoms with Crippen LogP contribution in [0.15, 0.2) is 18.2 Å². The molecular weight excluding hydrogens is 195 g/mol. The first-order valence-electron chi connectivity index (χ1n) is 5.35. The number of ether oxygens (including phenoxy) is 1. The summed E-state index contributed by atoms with van der Waals surface area (Å²) in [7, 11) is 0. The number of fused-ring (bicyclic) bond motifs is 1. The van der Waals surface area contributed by atoms with Gasteiger partial charge in [0.2, 0.25) is 0 Å². The highest BCUT2D eigenvalue weighted by molar-refractivity contribution is 5.37. The first kappa shape index (κ1) is 10.4. The van der Waals surface area contributed by atoms with Crippen LogP contribution in [-0.4, -0.2) is 11.2 Å². The third kappa shape index (κ3) is 2.12. The normalized spacial score (nSPS) is 24.5. The molecule has 0 amide bonds. The van der Waals surface area contributed by atoms with Crippen LogP contribution in [0.3, 0.4) is 0 Å². The zero-order chi connectivity index (χ0) is 10.8. The number of aliphatic hydroxyl groups is 1. The van der Waals surface area contributed by atoms with Gasteiger partial charge in [-0.25, -0.2) is 4.39 Å². The maximum Gasteiger partial charge on any atom is 0.125 e. The molecule has 82 valence electrons. The van der Waals surface area contributed by atoms with Crippen molar-refractivity contribution < 1.29 is 14.2 Å². The van der Waals surface area contributed by atoms with Crippen LogP contribution in [0.4, 0.5) is 4.39 Å². The van der Waals surface area contributed by atoms with E-state index < -0.39 is 6.10 Å². The molecule has 2 nitrogen and oxygen atoms in total. The van der Waals surface area contributed by atoms with Crippen LogP contribution in [0.25, 0.3) is 0 Å². The predicted octanol–water partition coefficient (Wildman–Crippen LogP) is 2.81. The van der Waals surface area contributed by atoms with Gasteiger partial charge in [0.1, 0.15) is 17.7 Å². The van der Waals surface area contributed by atoms with E-state index in [1.807, 2.05) is 0 Å². The minimum Gasteiger partial charge on any atom is -0.490 e. The largest absolute Gasteiger partial charge is 0.490 e. The zero-order valence-electron chi connectivity index (χ0n) is 8.74. The molecule has 0 radical (unpaired) electrons. The smallest absolute Gasteiger partial charge is 0.125 e. The fourth-order valence-corrected chi connectivity index (χ4v) is 1.99. The summed E-state index contributed by atoms with van der Waals surface area (Å²) < 4.78 is 18.6. The van der Waals surface area contributed by atoms with Gasteiger partial charge in [0.05, 0.1) is 6.10 Å². The SMILES string of the molecule is CCCC1C[C@@H](O)c2cc(F)ccc2O1. The maximum absolute atomic E-state index is 12.9. The molecule has 0 fully saturated rings. The van der Waals surface area contributed by atoms with E-state index in [0.717, 1.165) is 12.8 Å². The Kier molecular flexibility index (Phi) is 2.91. The molecule has 2 rings (SSSR count). The van der Waals surface area contributed by atoms with Gasteiger partial charge in [0, 0.05) is 12.0 Å². The highest BCUT2D eigenvalue weighted by Gasteiger charge is 2.26. The molecule has 1 heterocycles. The molecule has 0 saturated heterocycles. The summed E-state index contributed by atoms with van der Waals surface area (Å²) in [6.45, 7) is 2.08. The lowest BCUT2D eigenvalue weighted by molar-refractivity contribution is 0.0611. The molecule has 0 saturated carbocycles. The molecule has 0 aromatic heterocycles. The van der Waals surface area contributed by atoms with E-state index in [9.17, 15) is 9.50 Å². The third-order valence-corrected chi connectivity index (χ3v) is 2.72. The van der Waals surface area contributed by atoms with Crippen molar-refractivity contribution in [2.75, 3.05) is 0 Å². The Hall–Kier alpha value is -1.09. The van der Waals surface area contributed by atoms with Gasteiger partial charge in [-0.15, -0.1) is 0 Å². The minimum absolute atomic E-state index is 0.0583. The maximum atomic E-state index is 12.9. The molecule has 1 aromatic rings. The lowest BCUT2D eigenvalue weighted by Crippen LogP contribution is -2.25. The standard InChI is InChI=1S/C12H15FO2/c1-2-3-9-7-11(14)10-6-8(13)4-5-12(10)15-9/h4-6,9,11,14H,2-3,7H2,1H3/t9?,11-/m1/s1. The Morgan fingerprint density at radius 1 is 1.53 bits per heavy atom. The van der Waals surface area contributed by atoms with E-state index in [1.54, 1.807) is 6.07 Å². The molecule has 0 aliphatic carbocycles. The van der Waals surface area contributed by atoms with Crippen LogP contribution in [0.1, 0.15) is 37.9 Å². The quantitative estimate of drug-likeness (QED) is 0.813. The number of hydrogen-bond donors (Lipinski definition) is 1. The Balaban J connectivity index is 2.24. The molecule has 1 N–H and O–H groups in total. The molecule has 3 heteroatoms. The summed E-state index contributed by atoms with van der Waals surface area (Å²) in [6, 6.07) is 4.30. The van der Waals surface area contributed by atoms with Crippen molar-refractivity contribution in [3.63, 3.8) is 0 Å². The van der Waals surface area contributed by atoms with E-state index in [-0.39, 0.29) is 11.9 Å². The van der Waals surface area contributed by atoms with E-state index >= 15 is 0 Å². The summed E-state index contributed by atoms with van der Waals surface area (Å²) in [5.74, 6) is 0.291. The monoisotopic (exact) mass is 210 g/mol. The molecular formula is C12H15FO2. The average Bonchev–Trinajstić information content (AvgIpc) is 2.20. The van der Waals surface area contributed by atoms with Crippen LogP contribution in [0, 0.1) is 5.82 Å². The van der Waals surface area contributed by atoms with E-state index in [0.29, 0.717) is 17.7 Å². The average molecular weight is 210 g/mol. The second-order valence-corrected chi connectivity index (χ2v) is 3.96. The van der Waals surface area contributed by atoms with Crippen molar-refractivity contribution in [3.05, 3.63) is 29.6 Å². The number of hydrogen-bond acceptors (Lipinski definition) is 2. The fourth-order valence-electron chi connectivity index (χ4n) is 1.99. The topological polar surface area (TPSA) is 29.5 Å². The molecule has 1 aliphatic heterocycles. The van der Waals surface area contributed by atoms with Gasteiger partial charge < -0.3 is 9.84 Å². The van der Waals surface area contributed by atoms with E-state index in [1.165, 1.54) is 12.1 Å². The van der Waals surface area contributed by atoms with Gasteiger partial charge >= 0.3 is 0 Å². The highest BCUT2D eigenvalue weighted by atomic mass is 19.1. The molecule has 1 aromatic carbocycles. The van der Waals surface area contributed by atoms with Crippen molar-refractivity contribution in [2.45, 2.75) is 38.4 Å². The van der Waals surface area contributed by atoms with E-state index in [2.05, 4.69) is 6.92 Å². The van der Waals surface area contributed by atoms with Crippen molar-refractivity contribution in [3.8, 4) is 5.75 Å². The number of halogens is 1. The summed E-state index contributed by atoms with van der Waals surface area (Å²) in [5.41, 5.74) is 0.572. The number of rotatable bonds is 2. The third-order valence-electron chi connectivity index (χ3n) is 2.72. The lowest BCUT2D eigenvalue weighted by atomic mass is 9.97. The Morgan fingerprint density at radius 2 is 2.33 bits per heavy atom. The van der Waals surface area contributed by atoms with Gasteiger partial charge in [0.25, 0.3) is 0 Å². The highest BCUT2D eigenvalue weighted by Crippen LogP contribution is 2.36. The van der Waals surface area contributed by atoms with Crippen molar-refractivity contribution >= 4 is 0 Å². The van der Waals surface area contributed by atoms with Gasteiger partial charge in [-0.2, -0.15) is 0 Å². The first-order chi connectivity index (χ1) is 7.20. The van der Waals surface area contributed by atoms with Crippen LogP contribution in [0.2, 0.25) is 0 Å². The van der Waals surface area contributed by atoms with Crippen LogP contribution in [-0.2, 0) is 0 Å². The Labute approximate surface area is 88.7 Å². The fraction of sp³-hybridized carbons (Fsp3) is 0.500. The zero-order valence-corrected chi connectivity index (χ0v) is 8.74. The molecule has 15 heavy (non-hydrogen) atoms. The number of benzene rings is 1. The van der Waals surface area contributed by atoms with Gasteiger partial charge in [-0.3, -0.25) is 0 Å². The van der Waals surface area contributed by atoms with Crippen LogP contribution in [0.5, 0.6) is 5.75 Å². The van der Waals surface area contributed by atoms with Gasteiger partial charge in [-0.05, 0) is 24.6 Å². The van der Waals surface area contributed by atoms with Crippen molar-refractivity contribution in [2.24, 2.45) is 0 Å². The summed E-state index contributed by atoms with van der Waals surface area (Å²) in [4.78, 5) is 0. The van der Waals surface area contributed by atoms with Crippen LogP contribution < -0.4 is 4.74 Å². The first-order valence-corrected chi connectivity index (χ1v) is 5.35. The van der Waals surface area contributed by atoms with Crippen LogP contribution >= 0.6 is 0 Å². The lowest BCUT2D eigenvalue weighted by Gasteiger charge is -2.29. The van der Waals surface area contributed by atoms with Crippen molar-refractivity contribution in [1.82, 2.24) is 0 Å². The molecule has 0 spiro atoms. The van der Waals surface area contributed by atoms with E-state index in [4.69, 9.17) is 4.74 Å². The van der Waals surface area contributed by atoms with Gasteiger partial charge in [-0.1, -0.05) is 13.3 Å². The predicted molar refractivity (Wildman–Crippen MR) is 55.3 cm³/mol. The second kappa shape index (κ2) is 4.19. The second-order valence-electron chi connectivity index (χ2n) is 3.96.